The summed E-state index contributed by atoms with van der Waals surface area (Å²) in [7, 11) is 1.60. The van der Waals surface area contributed by atoms with Gasteiger partial charge in [0, 0.05) is 20.2 Å². The molecular weight excluding hydrogens is 210 g/mol. The van der Waals surface area contributed by atoms with Crippen LogP contribution < -0.4 is 0 Å². The Morgan fingerprint density at radius 3 is 2.81 bits per heavy atom. The summed E-state index contributed by atoms with van der Waals surface area (Å²) in [5.74, 6) is 0.00820. The standard InChI is InChI=1S/C11H21NO4/c1-9-7-10(8-16-9)11(14)12(3-5-13)4-6-15-2/h9-10,13H,3-8H2,1-2H3. The van der Waals surface area contributed by atoms with Crippen molar-refractivity contribution >= 4 is 5.91 Å². The number of carbonyl (C=O) groups excluding carboxylic acids is 1. The smallest absolute Gasteiger partial charge is 0.228 e. The number of amides is 1. The number of nitrogens with zero attached hydrogens (tertiary/aromatic N) is 1. The van der Waals surface area contributed by atoms with E-state index in [1.165, 1.54) is 0 Å². The van der Waals surface area contributed by atoms with Gasteiger partial charge in [-0.2, -0.15) is 0 Å². The molecule has 0 radical (unpaired) electrons. The van der Waals surface area contributed by atoms with Gasteiger partial charge in [-0.15, -0.1) is 0 Å². The summed E-state index contributed by atoms with van der Waals surface area (Å²) in [6.07, 6.45) is 0.931. The molecule has 1 aliphatic rings. The molecule has 1 aliphatic heterocycles. The molecule has 94 valence electrons. The summed E-state index contributed by atoms with van der Waals surface area (Å²) in [4.78, 5) is 13.7. The van der Waals surface area contributed by atoms with E-state index in [2.05, 4.69) is 0 Å². The monoisotopic (exact) mass is 231 g/mol. The summed E-state index contributed by atoms with van der Waals surface area (Å²) < 4.78 is 10.3. The first-order chi connectivity index (χ1) is 7.69. The lowest BCUT2D eigenvalue weighted by atomic mass is 10.0. The van der Waals surface area contributed by atoms with Crippen molar-refractivity contribution in [2.45, 2.75) is 19.4 Å². The molecule has 1 saturated heterocycles. The molecule has 1 heterocycles. The van der Waals surface area contributed by atoms with Gasteiger partial charge in [-0.3, -0.25) is 4.79 Å². The van der Waals surface area contributed by atoms with Crippen LogP contribution in [-0.2, 0) is 14.3 Å². The van der Waals surface area contributed by atoms with Crippen LogP contribution in [0.2, 0.25) is 0 Å². The highest BCUT2D eigenvalue weighted by Crippen LogP contribution is 2.21. The van der Waals surface area contributed by atoms with E-state index < -0.39 is 0 Å². The zero-order valence-corrected chi connectivity index (χ0v) is 10.0. The van der Waals surface area contributed by atoms with E-state index in [0.717, 1.165) is 6.42 Å². The van der Waals surface area contributed by atoms with Crippen molar-refractivity contribution in [1.29, 1.82) is 0 Å². The lowest BCUT2D eigenvalue weighted by Crippen LogP contribution is -2.40. The number of hydrogen-bond donors (Lipinski definition) is 1. The van der Waals surface area contributed by atoms with Crippen LogP contribution in [0.1, 0.15) is 13.3 Å². The van der Waals surface area contributed by atoms with E-state index in [4.69, 9.17) is 14.6 Å². The Morgan fingerprint density at radius 2 is 2.31 bits per heavy atom. The third kappa shape index (κ3) is 3.73. The summed E-state index contributed by atoms with van der Waals surface area (Å²) in [5, 5.41) is 8.91. The molecule has 5 nitrogen and oxygen atoms in total. The van der Waals surface area contributed by atoms with Crippen molar-refractivity contribution in [3.05, 3.63) is 0 Å². The van der Waals surface area contributed by atoms with Crippen molar-refractivity contribution in [1.82, 2.24) is 4.90 Å². The Labute approximate surface area is 96.3 Å². The average molecular weight is 231 g/mol. The van der Waals surface area contributed by atoms with Crippen LogP contribution in [0, 0.1) is 5.92 Å². The van der Waals surface area contributed by atoms with E-state index in [1.807, 2.05) is 6.92 Å². The van der Waals surface area contributed by atoms with Gasteiger partial charge in [-0.05, 0) is 13.3 Å². The first-order valence-electron chi connectivity index (χ1n) is 5.69. The number of hydrogen-bond acceptors (Lipinski definition) is 4. The van der Waals surface area contributed by atoms with Gasteiger partial charge in [0.15, 0.2) is 0 Å². The highest BCUT2D eigenvalue weighted by Gasteiger charge is 2.31. The molecule has 2 unspecified atom stereocenters. The van der Waals surface area contributed by atoms with E-state index in [1.54, 1.807) is 12.0 Å². The number of ether oxygens (including phenoxy) is 2. The Balaban J connectivity index is 2.45. The van der Waals surface area contributed by atoms with Crippen molar-refractivity contribution < 1.29 is 19.4 Å². The fourth-order valence-electron chi connectivity index (χ4n) is 1.90. The molecule has 1 rings (SSSR count). The number of methoxy groups -OCH3 is 1. The van der Waals surface area contributed by atoms with E-state index in [0.29, 0.717) is 26.3 Å². The predicted molar refractivity (Wildman–Crippen MR) is 59.1 cm³/mol. The fraction of sp³-hybridized carbons (Fsp3) is 0.909. The third-order valence-electron chi connectivity index (χ3n) is 2.79. The van der Waals surface area contributed by atoms with Crippen molar-refractivity contribution in [2.24, 2.45) is 5.92 Å². The Bertz CT molecular complexity index is 222. The highest BCUT2D eigenvalue weighted by molar-refractivity contribution is 5.79. The maximum absolute atomic E-state index is 12.1. The number of rotatable bonds is 6. The number of carbonyl (C=O) groups is 1. The minimum absolute atomic E-state index is 0.0153. The van der Waals surface area contributed by atoms with Gasteiger partial charge in [0.25, 0.3) is 0 Å². The molecule has 16 heavy (non-hydrogen) atoms. The van der Waals surface area contributed by atoms with Crippen LogP contribution in [0.25, 0.3) is 0 Å². The van der Waals surface area contributed by atoms with Crippen LogP contribution in [0.15, 0.2) is 0 Å². The van der Waals surface area contributed by atoms with Gasteiger partial charge in [-0.1, -0.05) is 0 Å². The molecule has 0 saturated carbocycles. The molecule has 2 atom stereocenters. The molecule has 1 amide bonds. The van der Waals surface area contributed by atoms with Crippen molar-refractivity contribution in [3.63, 3.8) is 0 Å². The fourth-order valence-corrected chi connectivity index (χ4v) is 1.90. The van der Waals surface area contributed by atoms with Crippen LogP contribution in [0.4, 0.5) is 0 Å². The molecule has 1 N–H and O–H groups in total. The Morgan fingerprint density at radius 1 is 1.56 bits per heavy atom. The normalized spacial score (nSPS) is 24.7. The highest BCUT2D eigenvalue weighted by atomic mass is 16.5. The van der Waals surface area contributed by atoms with Gasteiger partial charge in [0.1, 0.15) is 0 Å². The van der Waals surface area contributed by atoms with E-state index in [-0.39, 0.29) is 24.5 Å². The van der Waals surface area contributed by atoms with E-state index in [9.17, 15) is 4.79 Å². The predicted octanol–water partition coefficient (Wildman–Crippen LogP) is -0.121. The SMILES string of the molecule is COCCN(CCO)C(=O)C1COC(C)C1. The van der Waals surface area contributed by atoms with E-state index >= 15 is 0 Å². The van der Waals surface area contributed by atoms with Gasteiger partial charge in [0.2, 0.25) is 5.91 Å². The molecule has 5 heteroatoms. The second-order valence-corrected chi connectivity index (χ2v) is 4.12. The van der Waals surface area contributed by atoms with Gasteiger partial charge >= 0.3 is 0 Å². The molecular formula is C11H21NO4. The van der Waals surface area contributed by atoms with Crippen LogP contribution >= 0.6 is 0 Å². The van der Waals surface area contributed by atoms with Crippen molar-refractivity contribution in [3.8, 4) is 0 Å². The average Bonchev–Trinajstić information content (AvgIpc) is 2.70. The number of aliphatic hydroxyl groups excluding tert-OH is 1. The van der Waals surface area contributed by atoms with Gasteiger partial charge in [-0.25, -0.2) is 0 Å². The summed E-state index contributed by atoms with van der Waals surface area (Å²) in [6, 6.07) is 0. The zero-order valence-electron chi connectivity index (χ0n) is 10.0. The molecule has 0 aromatic heterocycles. The second kappa shape index (κ2) is 6.83. The maximum Gasteiger partial charge on any atom is 0.228 e. The molecule has 1 fully saturated rings. The molecule has 0 bridgehead atoms. The van der Waals surface area contributed by atoms with Crippen LogP contribution in [0.5, 0.6) is 0 Å². The summed E-state index contributed by atoms with van der Waals surface area (Å²) in [6.45, 7) is 3.84. The first kappa shape index (κ1) is 13.4. The van der Waals surface area contributed by atoms with Crippen LogP contribution in [0.3, 0.4) is 0 Å². The quantitative estimate of drug-likeness (QED) is 0.692. The lowest BCUT2D eigenvalue weighted by Gasteiger charge is -2.24. The van der Waals surface area contributed by atoms with Gasteiger partial charge in [0.05, 0.1) is 31.8 Å². The molecule has 0 spiro atoms. The molecule has 0 aromatic rings. The second-order valence-electron chi connectivity index (χ2n) is 4.12. The number of aliphatic hydroxyl groups is 1. The Hall–Kier alpha value is -0.650. The minimum atomic E-state index is -0.0570. The summed E-state index contributed by atoms with van der Waals surface area (Å²) in [5.41, 5.74) is 0. The zero-order chi connectivity index (χ0) is 12.0. The Kier molecular flexibility index (Phi) is 5.73. The van der Waals surface area contributed by atoms with Gasteiger partial charge < -0.3 is 19.5 Å². The topological polar surface area (TPSA) is 59.0 Å². The minimum Gasteiger partial charge on any atom is -0.395 e. The maximum atomic E-state index is 12.1. The molecule has 0 aliphatic carbocycles. The third-order valence-corrected chi connectivity index (χ3v) is 2.79. The van der Waals surface area contributed by atoms with Crippen LogP contribution in [-0.4, -0.2) is 62.0 Å². The lowest BCUT2D eigenvalue weighted by molar-refractivity contribution is -0.136. The summed E-state index contributed by atoms with van der Waals surface area (Å²) >= 11 is 0. The van der Waals surface area contributed by atoms with Crippen molar-refractivity contribution in [2.75, 3.05) is 40.0 Å². The largest absolute Gasteiger partial charge is 0.395 e. The first-order valence-corrected chi connectivity index (χ1v) is 5.69. The molecule has 0 aromatic carbocycles.